The molecule has 2 heterocycles. The number of nitrogens with zero attached hydrogens (tertiary/aromatic N) is 1. The van der Waals surface area contributed by atoms with Gasteiger partial charge in [-0.05, 0) is 58.5 Å². The van der Waals surface area contributed by atoms with Crippen molar-refractivity contribution in [1.29, 1.82) is 0 Å². The predicted molar refractivity (Wildman–Crippen MR) is 83.1 cm³/mol. The lowest BCUT2D eigenvalue weighted by molar-refractivity contribution is -0.0360. The molecule has 2 unspecified atom stereocenters. The minimum Gasteiger partial charge on any atom is -0.370 e. The molecule has 3 heteroatoms. The van der Waals surface area contributed by atoms with Crippen molar-refractivity contribution in [2.24, 2.45) is 0 Å². The van der Waals surface area contributed by atoms with E-state index in [1.807, 2.05) is 0 Å². The van der Waals surface area contributed by atoms with Crippen LogP contribution in [0.5, 0.6) is 0 Å². The molecule has 3 nitrogen and oxygen atoms in total. The van der Waals surface area contributed by atoms with Crippen LogP contribution in [0.15, 0.2) is 0 Å². The van der Waals surface area contributed by atoms with Crippen molar-refractivity contribution in [3.8, 4) is 0 Å². The smallest absolute Gasteiger partial charge is 0.0708 e. The minimum atomic E-state index is 0.294. The molecule has 1 aliphatic carbocycles. The van der Waals surface area contributed by atoms with Crippen LogP contribution in [0.3, 0.4) is 0 Å². The van der Waals surface area contributed by atoms with Gasteiger partial charge >= 0.3 is 0 Å². The Morgan fingerprint density at radius 1 is 1.10 bits per heavy atom. The van der Waals surface area contributed by atoms with Gasteiger partial charge in [0.25, 0.3) is 0 Å². The standard InChI is InChI=1S/C17H32N2O/c1-15(14-19-11-5-2-6-12-19)18-13-16-7-10-17(20-16)8-3-4-9-17/h15-16,18H,2-14H2,1H3. The minimum absolute atomic E-state index is 0.294. The van der Waals surface area contributed by atoms with E-state index in [-0.39, 0.29) is 0 Å². The molecule has 2 atom stereocenters. The van der Waals surface area contributed by atoms with Gasteiger partial charge in [-0.1, -0.05) is 19.3 Å². The Labute approximate surface area is 124 Å². The average Bonchev–Trinajstić information content (AvgIpc) is 3.08. The van der Waals surface area contributed by atoms with Gasteiger partial charge < -0.3 is 15.0 Å². The van der Waals surface area contributed by atoms with Crippen LogP contribution >= 0.6 is 0 Å². The van der Waals surface area contributed by atoms with Crippen molar-refractivity contribution < 1.29 is 4.74 Å². The highest BCUT2D eigenvalue weighted by molar-refractivity contribution is 4.93. The summed E-state index contributed by atoms with van der Waals surface area (Å²) in [5.74, 6) is 0. The zero-order valence-corrected chi connectivity index (χ0v) is 13.2. The van der Waals surface area contributed by atoms with Crippen molar-refractivity contribution in [2.45, 2.75) is 82.5 Å². The van der Waals surface area contributed by atoms with E-state index in [1.165, 1.54) is 77.4 Å². The number of piperidine rings is 1. The summed E-state index contributed by atoms with van der Waals surface area (Å²) in [6.07, 6.45) is 12.6. The van der Waals surface area contributed by atoms with Gasteiger partial charge in [0.1, 0.15) is 0 Å². The molecule has 0 bridgehead atoms. The van der Waals surface area contributed by atoms with Gasteiger partial charge in [-0.3, -0.25) is 0 Å². The van der Waals surface area contributed by atoms with Gasteiger partial charge in [-0.25, -0.2) is 0 Å². The van der Waals surface area contributed by atoms with Gasteiger partial charge in [0, 0.05) is 19.1 Å². The Balaban J connectivity index is 1.34. The number of hydrogen-bond donors (Lipinski definition) is 1. The summed E-state index contributed by atoms with van der Waals surface area (Å²) in [6.45, 7) is 7.19. The van der Waals surface area contributed by atoms with Crippen LogP contribution in [-0.2, 0) is 4.74 Å². The molecule has 0 amide bonds. The molecule has 116 valence electrons. The molecule has 20 heavy (non-hydrogen) atoms. The SMILES string of the molecule is CC(CN1CCCCC1)NCC1CCC2(CCCC2)O1. The lowest BCUT2D eigenvalue weighted by Gasteiger charge is -2.30. The third-order valence-corrected chi connectivity index (χ3v) is 5.53. The Hall–Kier alpha value is -0.120. The highest BCUT2D eigenvalue weighted by Gasteiger charge is 2.41. The second-order valence-electron chi connectivity index (χ2n) is 7.34. The maximum Gasteiger partial charge on any atom is 0.0708 e. The number of hydrogen-bond acceptors (Lipinski definition) is 3. The van der Waals surface area contributed by atoms with Crippen LogP contribution in [0.25, 0.3) is 0 Å². The molecule has 2 aliphatic heterocycles. The summed E-state index contributed by atoms with van der Waals surface area (Å²) in [7, 11) is 0. The van der Waals surface area contributed by atoms with E-state index in [1.54, 1.807) is 0 Å². The summed E-state index contributed by atoms with van der Waals surface area (Å²) < 4.78 is 6.37. The Morgan fingerprint density at radius 2 is 1.85 bits per heavy atom. The van der Waals surface area contributed by atoms with Crippen molar-refractivity contribution in [3.05, 3.63) is 0 Å². The highest BCUT2D eigenvalue weighted by Crippen LogP contribution is 2.43. The molecule has 1 spiro atoms. The zero-order valence-electron chi connectivity index (χ0n) is 13.2. The molecule has 0 radical (unpaired) electrons. The summed E-state index contributed by atoms with van der Waals surface area (Å²) >= 11 is 0. The molecule has 0 aromatic carbocycles. The molecule has 0 aromatic rings. The van der Waals surface area contributed by atoms with E-state index < -0.39 is 0 Å². The Kier molecular flexibility index (Phi) is 5.00. The van der Waals surface area contributed by atoms with Crippen LogP contribution in [0.1, 0.15) is 64.7 Å². The number of likely N-dealkylation sites (tertiary alicyclic amines) is 1. The molecule has 0 aromatic heterocycles. The van der Waals surface area contributed by atoms with Crippen molar-refractivity contribution >= 4 is 0 Å². The number of rotatable bonds is 5. The number of ether oxygens (including phenoxy) is 1. The molecule has 3 rings (SSSR count). The monoisotopic (exact) mass is 280 g/mol. The largest absolute Gasteiger partial charge is 0.370 e. The van der Waals surface area contributed by atoms with Crippen LogP contribution < -0.4 is 5.32 Å². The number of nitrogens with one attached hydrogen (secondary N) is 1. The van der Waals surface area contributed by atoms with Gasteiger partial charge in [0.2, 0.25) is 0 Å². The fourth-order valence-electron chi connectivity index (χ4n) is 4.35. The summed E-state index contributed by atoms with van der Waals surface area (Å²) in [5.41, 5.74) is 0.294. The summed E-state index contributed by atoms with van der Waals surface area (Å²) in [4.78, 5) is 2.62. The Bertz CT molecular complexity index is 295. The summed E-state index contributed by atoms with van der Waals surface area (Å²) in [5, 5.41) is 3.71. The van der Waals surface area contributed by atoms with E-state index in [0.717, 1.165) is 6.54 Å². The fraction of sp³-hybridized carbons (Fsp3) is 1.00. The average molecular weight is 280 g/mol. The molecule has 1 saturated carbocycles. The Morgan fingerprint density at radius 3 is 2.60 bits per heavy atom. The van der Waals surface area contributed by atoms with Crippen molar-refractivity contribution in [3.63, 3.8) is 0 Å². The molecule has 2 saturated heterocycles. The molecule has 3 aliphatic rings. The van der Waals surface area contributed by atoms with E-state index in [4.69, 9.17) is 4.74 Å². The first-order valence-corrected chi connectivity index (χ1v) is 8.89. The van der Waals surface area contributed by atoms with E-state index in [2.05, 4.69) is 17.1 Å². The van der Waals surface area contributed by atoms with Gasteiger partial charge in [-0.15, -0.1) is 0 Å². The van der Waals surface area contributed by atoms with Crippen LogP contribution in [-0.4, -0.2) is 48.8 Å². The van der Waals surface area contributed by atoms with Crippen LogP contribution in [0.2, 0.25) is 0 Å². The highest BCUT2D eigenvalue weighted by atomic mass is 16.5. The summed E-state index contributed by atoms with van der Waals surface area (Å²) in [6, 6.07) is 0.594. The fourth-order valence-corrected chi connectivity index (χ4v) is 4.35. The topological polar surface area (TPSA) is 24.5 Å². The maximum absolute atomic E-state index is 6.37. The third kappa shape index (κ3) is 3.75. The van der Waals surface area contributed by atoms with Gasteiger partial charge in [0.15, 0.2) is 0 Å². The maximum atomic E-state index is 6.37. The van der Waals surface area contributed by atoms with Gasteiger partial charge in [0.05, 0.1) is 11.7 Å². The first-order valence-electron chi connectivity index (χ1n) is 8.89. The second kappa shape index (κ2) is 6.76. The first kappa shape index (κ1) is 14.8. The lowest BCUT2D eigenvalue weighted by atomic mass is 9.98. The first-order chi connectivity index (χ1) is 9.76. The molecular weight excluding hydrogens is 248 g/mol. The zero-order chi connectivity index (χ0) is 13.8. The van der Waals surface area contributed by atoms with Crippen LogP contribution in [0.4, 0.5) is 0 Å². The van der Waals surface area contributed by atoms with E-state index in [0.29, 0.717) is 17.7 Å². The lowest BCUT2D eigenvalue weighted by Crippen LogP contribution is -2.44. The normalized spacial score (nSPS) is 31.9. The molecule has 3 fully saturated rings. The van der Waals surface area contributed by atoms with E-state index in [9.17, 15) is 0 Å². The van der Waals surface area contributed by atoms with Crippen LogP contribution in [0, 0.1) is 0 Å². The molecule has 1 N–H and O–H groups in total. The second-order valence-corrected chi connectivity index (χ2v) is 7.34. The third-order valence-electron chi connectivity index (χ3n) is 5.53. The predicted octanol–water partition coefficient (Wildman–Crippen LogP) is 2.94. The molecular formula is C17H32N2O. The van der Waals surface area contributed by atoms with Crippen molar-refractivity contribution in [1.82, 2.24) is 10.2 Å². The van der Waals surface area contributed by atoms with Crippen molar-refractivity contribution in [2.75, 3.05) is 26.2 Å². The van der Waals surface area contributed by atoms with Gasteiger partial charge in [-0.2, -0.15) is 0 Å². The quantitative estimate of drug-likeness (QED) is 0.838. The van der Waals surface area contributed by atoms with E-state index >= 15 is 0 Å².